The van der Waals surface area contributed by atoms with Crippen LogP contribution in [0.15, 0.2) is 57.6 Å². The highest BCUT2D eigenvalue weighted by Crippen LogP contribution is 2.37. The van der Waals surface area contributed by atoms with Crippen molar-refractivity contribution in [3.8, 4) is 17.4 Å². The third-order valence-electron chi connectivity index (χ3n) is 6.67. The Morgan fingerprint density at radius 1 is 1.13 bits per heavy atom. The smallest absolute Gasteiger partial charge is 0.134 e. The Morgan fingerprint density at radius 3 is 2.76 bits per heavy atom. The molecule has 7 nitrogen and oxygen atoms in total. The van der Waals surface area contributed by atoms with Gasteiger partial charge < -0.3 is 19.8 Å². The number of rotatable bonds is 9. The van der Waals surface area contributed by atoms with Crippen molar-refractivity contribution in [1.82, 2.24) is 15.2 Å². The highest BCUT2D eigenvalue weighted by Gasteiger charge is 2.15. The number of nitrogens with zero attached hydrogens (tertiary/aromatic N) is 3. The minimum atomic E-state index is 0.448. The van der Waals surface area contributed by atoms with Gasteiger partial charge in [-0.3, -0.25) is 9.88 Å². The average Bonchev–Trinajstić information content (AvgIpc) is 3.39. The molecule has 0 bridgehead atoms. The van der Waals surface area contributed by atoms with E-state index in [4.69, 9.17) is 20.8 Å². The Bertz CT molecular complexity index is 1450. The predicted molar refractivity (Wildman–Crippen MR) is 155 cm³/mol. The van der Waals surface area contributed by atoms with Crippen molar-refractivity contribution < 1.29 is 9.15 Å². The first-order valence-electron chi connectivity index (χ1n) is 12.7. The molecule has 0 amide bonds. The van der Waals surface area contributed by atoms with Crippen molar-refractivity contribution in [3.05, 3.63) is 75.0 Å². The molecule has 2 aromatic carbocycles. The van der Waals surface area contributed by atoms with Crippen molar-refractivity contribution in [3.63, 3.8) is 0 Å². The van der Waals surface area contributed by atoms with Crippen LogP contribution in [0.1, 0.15) is 23.3 Å². The SMILES string of the molecule is Cc1cc(Br)cc(Cl)c1Nc1c(C#N)cnc2cc(-c3ccc(CNCCCN4CCOCC4)o3)ccc12. The molecule has 1 aliphatic heterocycles. The Morgan fingerprint density at radius 2 is 1.97 bits per heavy atom. The number of nitrogens with one attached hydrogen (secondary N) is 2. The standard InChI is InChI=1S/C29H29BrClN5O2/c1-19-13-22(30)15-25(31)28(19)35-29-21(16-32)17-34-26-14-20(3-5-24(26)29)27-6-4-23(38-27)18-33-7-2-8-36-9-11-37-12-10-36/h3-6,13-15,17,33H,2,7-12,18H2,1H3,(H,34,35). The molecule has 4 aromatic rings. The van der Waals surface area contributed by atoms with E-state index in [1.54, 1.807) is 6.20 Å². The number of morpholine rings is 1. The number of hydrogen-bond acceptors (Lipinski definition) is 7. The van der Waals surface area contributed by atoms with E-state index in [-0.39, 0.29) is 0 Å². The summed E-state index contributed by atoms with van der Waals surface area (Å²) in [5.74, 6) is 1.67. The highest BCUT2D eigenvalue weighted by atomic mass is 79.9. The van der Waals surface area contributed by atoms with Crippen molar-refractivity contribution >= 4 is 49.8 Å². The summed E-state index contributed by atoms with van der Waals surface area (Å²) < 4.78 is 12.4. The lowest BCUT2D eigenvalue weighted by Gasteiger charge is -2.26. The van der Waals surface area contributed by atoms with Gasteiger partial charge in [-0.15, -0.1) is 0 Å². The van der Waals surface area contributed by atoms with Gasteiger partial charge >= 0.3 is 0 Å². The number of anilines is 2. The van der Waals surface area contributed by atoms with Gasteiger partial charge in [0, 0.05) is 34.7 Å². The van der Waals surface area contributed by atoms with Crippen LogP contribution >= 0.6 is 27.5 Å². The molecular weight excluding hydrogens is 566 g/mol. The number of benzene rings is 2. The Labute approximate surface area is 235 Å². The Balaban J connectivity index is 1.29. The van der Waals surface area contributed by atoms with Crippen LogP contribution in [0.4, 0.5) is 11.4 Å². The first-order valence-corrected chi connectivity index (χ1v) is 13.8. The van der Waals surface area contributed by atoms with Gasteiger partial charge in [0.25, 0.3) is 0 Å². The predicted octanol–water partition coefficient (Wildman–Crippen LogP) is 6.65. The number of ether oxygens (including phenoxy) is 1. The minimum absolute atomic E-state index is 0.448. The maximum Gasteiger partial charge on any atom is 0.134 e. The second-order valence-electron chi connectivity index (χ2n) is 9.35. The molecule has 0 spiro atoms. The molecule has 1 saturated heterocycles. The van der Waals surface area contributed by atoms with Gasteiger partial charge in [-0.1, -0.05) is 33.6 Å². The maximum absolute atomic E-state index is 9.75. The Kier molecular flexibility index (Phi) is 8.62. The molecule has 0 atom stereocenters. The molecular formula is C29H29BrClN5O2. The molecule has 9 heteroatoms. The van der Waals surface area contributed by atoms with E-state index in [9.17, 15) is 5.26 Å². The van der Waals surface area contributed by atoms with Crippen LogP contribution in [0.2, 0.25) is 5.02 Å². The lowest BCUT2D eigenvalue weighted by molar-refractivity contribution is 0.0374. The average molecular weight is 595 g/mol. The number of halogens is 2. The van der Waals surface area contributed by atoms with E-state index < -0.39 is 0 Å². The summed E-state index contributed by atoms with van der Waals surface area (Å²) >= 11 is 9.99. The molecule has 1 aliphatic rings. The molecule has 0 saturated carbocycles. The normalized spacial score (nSPS) is 14.1. The van der Waals surface area contributed by atoms with Crippen molar-refractivity contribution in [2.75, 3.05) is 44.7 Å². The fourth-order valence-corrected chi connectivity index (χ4v) is 5.66. The fraction of sp³-hybridized carbons (Fsp3) is 0.310. The van der Waals surface area contributed by atoms with Crippen molar-refractivity contribution in [1.29, 1.82) is 5.26 Å². The summed E-state index contributed by atoms with van der Waals surface area (Å²) in [4.78, 5) is 6.99. The largest absolute Gasteiger partial charge is 0.460 e. The van der Waals surface area contributed by atoms with Crippen LogP contribution in [-0.2, 0) is 11.3 Å². The lowest BCUT2D eigenvalue weighted by Crippen LogP contribution is -2.37. The van der Waals surface area contributed by atoms with Gasteiger partial charge in [-0.25, -0.2) is 0 Å². The third kappa shape index (κ3) is 6.20. The van der Waals surface area contributed by atoms with Crippen LogP contribution < -0.4 is 10.6 Å². The number of nitriles is 1. The van der Waals surface area contributed by atoms with Crippen LogP contribution in [0.3, 0.4) is 0 Å². The monoisotopic (exact) mass is 593 g/mol. The zero-order valence-electron chi connectivity index (χ0n) is 21.2. The van der Waals surface area contributed by atoms with Crippen LogP contribution in [-0.4, -0.2) is 49.3 Å². The molecule has 196 valence electrons. The topological polar surface area (TPSA) is 86.4 Å². The maximum atomic E-state index is 9.75. The lowest BCUT2D eigenvalue weighted by atomic mass is 10.1. The molecule has 38 heavy (non-hydrogen) atoms. The van der Waals surface area contributed by atoms with E-state index in [0.29, 0.717) is 22.8 Å². The summed E-state index contributed by atoms with van der Waals surface area (Å²) in [6, 6.07) is 16.0. The van der Waals surface area contributed by atoms with Crippen LogP contribution in [0.5, 0.6) is 0 Å². The van der Waals surface area contributed by atoms with Gasteiger partial charge in [0.1, 0.15) is 17.6 Å². The molecule has 2 N–H and O–H groups in total. The Hall–Kier alpha value is -2.93. The quantitative estimate of drug-likeness (QED) is 0.210. The molecule has 5 rings (SSSR count). The van der Waals surface area contributed by atoms with Gasteiger partial charge in [0.2, 0.25) is 0 Å². The molecule has 0 unspecified atom stereocenters. The summed E-state index contributed by atoms with van der Waals surface area (Å²) in [5.41, 5.74) is 4.54. The van der Waals surface area contributed by atoms with E-state index in [1.165, 1.54) is 0 Å². The second kappa shape index (κ2) is 12.3. The fourth-order valence-electron chi connectivity index (χ4n) is 4.64. The molecule has 0 aliphatic carbocycles. The molecule has 1 fully saturated rings. The first-order chi connectivity index (χ1) is 18.5. The number of aromatic nitrogens is 1. The minimum Gasteiger partial charge on any atom is -0.460 e. The zero-order valence-corrected chi connectivity index (χ0v) is 23.5. The molecule has 2 aromatic heterocycles. The number of pyridine rings is 1. The van der Waals surface area contributed by atoms with E-state index in [1.807, 2.05) is 49.4 Å². The van der Waals surface area contributed by atoms with Crippen LogP contribution in [0, 0.1) is 18.3 Å². The summed E-state index contributed by atoms with van der Waals surface area (Å²) in [6.07, 6.45) is 2.68. The third-order valence-corrected chi connectivity index (χ3v) is 7.42. The number of furan rings is 1. The second-order valence-corrected chi connectivity index (χ2v) is 10.7. The zero-order chi connectivity index (χ0) is 26.5. The summed E-state index contributed by atoms with van der Waals surface area (Å²) in [5, 5.41) is 18.0. The van der Waals surface area contributed by atoms with Gasteiger partial charge in [-0.05, 0) is 68.4 Å². The van der Waals surface area contributed by atoms with Crippen molar-refractivity contribution in [2.24, 2.45) is 0 Å². The van der Waals surface area contributed by atoms with Gasteiger partial charge in [0.15, 0.2) is 0 Å². The van der Waals surface area contributed by atoms with E-state index in [0.717, 1.165) is 89.5 Å². The molecule has 3 heterocycles. The molecule has 0 radical (unpaired) electrons. The highest BCUT2D eigenvalue weighted by molar-refractivity contribution is 9.10. The van der Waals surface area contributed by atoms with Gasteiger partial charge in [-0.2, -0.15) is 5.26 Å². The van der Waals surface area contributed by atoms with Crippen molar-refractivity contribution in [2.45, 2.75) is 19.9 Å². The van der Waals surface area contributed by atoms with E-state index >= 15 is 0 Å². The first kappa shape index (κ1) is 26.7. The number of aryl methyl sites for hydroxylation is 1. The number of fused-ring (bicyclic) bond motifs is 1. The summed E-state index contributed by atoms with van der Waals surface area (Å²) in [6.45, 7) is 8.40. The van der Waals surface area contributed by atoms with E-state index in [2.05, 4.69) is 42.5 Å². The van der Waals surface area contributed by atoms with Gasteiger partial charge in [0.05, 0.1) is 47.2 Å². The van der Waals surface area contributed by atoms with Crippen LogP contribution in [0.25, 0.3) is 22.2 Å². The summed E-state index contributed by atoms with van der Waals surface area (Å²) in [7, 11) is 0. The number of hydrogen-bond donors (Lipinski definition) is 2.